The molecule has 0 aromatic carbocycles. The van der Waals surface area contributed by atoms with Crippen molar-refractivity contribution < 1.29 is 9.59 Å². The maximum atomic E-state index is 12.5. The average molecular weight is 339 g/mol. The minimum Gasteiger partial charge on any atom is -0.340 e. The Morgan fingerprint density at radius 3 is 2.91 bits per heavy atom. The summed E-state index contributed by atoms with van der Waals surface area (Å²) < 4.78 is -0.257. The van der Waals surface area contributed by atoms with Crippen LogP contribution in [-0.4, -0.2) is 59.5 Å². The standard InChI is InChI=1S/C13H21N7O2S/c1-4-5-6(14)10(21)15-7-11(22)20-8(9-16-18-19-17-9)13(2,3)23-12(7)20/h6-8,12H,4-5,14H2,1-3H3,(H,15,21)(H,16,17,18,19)/t6?,7?,8?,12-/m0/s1. The number of hydrogen-bond acceptors (Lipinski definition) is 7. The number of fused-ring (bicyclic) bond motifs is 1. The van der Waals surface area contributed by atoms with Crippen molar-refractivity contribution in [2.24, 2.45) is 5.73 Å². The van der Waals surface area contributed by atoms with Crippen molar-refractivity contribution >= 4 is 23.6 Å². The first kappa shape index (κ1) is 16.2. The molecule has 2 fully saturated rings. The molecule has 0 bridgehead atoms. The highest BCUT2D eigenvalue weighted by molar-refractivity contribution is 8.01. The smallest absolute Gasteiger partial charge is 0.249 e. The molecule has 0 saturated carbocycles. The second-order valence-electron chi connectivity index (χ2n) is 6.43. The highest BCUT2D eigenvalue weighted by Crippen LogP contribution is 2.56. The van der Waals surface area contributed by atoms with E-state index in [1.807, 2.05) is 20.8 Å². The van der Waals surface area contributed by atoms with E-state index in [2.05, 4.69) is 25.9 Å². The SMILES string of the molecule is CCCC(N)C(=O)NC1C(=O)N2C(c3nnn[nH]3)C(C)(C)S[C@@H]12. The molecular weight excluding hydrogens is 318 g/mol. The van der Waals surface area contributed by atoms with Gasteiger partial charge in [0.2, 0.25) is 11.8 Å². The zero-order chi connectivity index (χ0) is 16.8. The Labute approximate surface area is 138 Å². The van der Waals surface area contributed by atoms with Crippen LogP contribution in [0.5, 0.6) is 0 Å². The maximum Gasteiger partial charge on any atom is 0.249 e. The first-order valence-corrected chi connectivity index (χ1v) is 8.54. The number of hydrogen-bond donors (Lipinski definition) is 3. The second-order valence-corrected chi connectivity index (χ2v) is 8.20. The molecule has 10 heteroatoms. The van der Waals surface area contributed by atoms with E-state index in [0.29, 0.717) is 12.2 Å². The van der Waals surface area contributed by atoms with Gasteiger partial charge >= 0.3 is 0 Å². The van der Waals surface area contributed by atoms with Gasteiger partial charge in [-0.05, 0) is 30.7 Å². The van der Waals surface area contributed by atoms with E-state index in [1.54, 1.807) is 16.7 Å². The molecule has 3 rings (SSSR count). The van der Waals surface area contributed by atoms with Crippen LogP contribution in [0.1, 0.15) is 45.5 Å². The fourth-order valence-electron chi connectivity index (χ4n) is 3.17. The summed E-state index contributed by atoms with van der Waals surface area (Å²) in [6.45, 7) is 6.05. The van der Waals surface area contributed by atoms with Crippen LogP contribution in [0, 0.1) is 0 Å². The van der Waals surface area contributed by atoms with Crippen LogP contribution in [0.3, 0.4) is 0 Å². The predicted octanol–water partition coefficient (Wildman–Crippen LogP) is -0.453. The number of aromatic amines is 1. The molecule has 3 heterocycles. The van der Waals surface area contributed by atoms with Gasteiger partial charge in [-0.25, -0.2) is 5.10 Å². The molecule has 2 amide bonds. The lowest BCUT2D eigenvalue weighted by atomic mass is 9.95. The second kappa shape index (κ2) is 5.75. The predicted molar refractivity (Wildman–Crippen MR) is 84.0 cm³/mol. The minimum atomic E-state index is -0.574. The van der Waals surface area contributed by atoms with Crippen LogP contribution in [-0.2, 0) is 9.59 Å². The van der Waals surface area contributed by atoms with Gasteiger partial charge in [-0.15, -0.1) is 16.9 Å². The number of tetrazole rings is 1. The number of nitrogens with two attached hydrogens (primary N) is 1. The van der Waals surface area contributed by atoms with E-state index in [9.17, 15) is 9.59 Å². The van der Waals surface area contributed by atoms with Gasteiger partial charge in [-0.1, -0.05) is 13.3 Å². The molecule has 2 saturated heterocycles. The van der Waals surface area contributed by atoms with E-state index in [1.165, 1.54) is 0 Å². The third-order valence-electron chi connectivity index (χ3n) is 4.30. The van der Waals surface area contributed by atoms with Crippen molar-refractivity contribution in [1.82, 2.24) is 30.8 Å². The molecule has 9 nitrogen and oxygen atoms in total. The monoisotopic (exact) mass is 339 g/mol. The first-order valence-electron chi connectivity index (χ1n) is 7.66. The van der Waals surface area contributed by atoms with Crippen molar-refractivity contribution in [3.8, 4) is 0 Å². The van der Waals surface area contributed by atoms with Gasteiger partial charge in [-0.3, -0.25) is 9.59 Å². The van der Waals surface area contributed by atoms with Gasteiger partial charge in [0.05, 0.1) is 6.04 Å². The number of nitrogens with zero attached hydrogens (tertiary/aromatic N) is 4. The van der Waals surface area contributed by atoms with Crippen molar-refractivity contribution in [3.63, 3.8) is 0 Å². The molecule has 1 aromatic heterocycles. The topological polar surface area (TPSA) is 130 Å². The van der Waals surface area contributed by atoms with E-state index in [4.69, 9.17) is 5.73 Å². The Bertz CT molecular complexity index is 605. The quantitative estimate of drug-likeness (QED) is 0.619. The molecular formula is C13H21N7O2S. The number of thioether (sulfide) groups is 1. The Morgan fingerprint density at radius 1 is 1.57 bits per heavy atom. The summed E-state index contributed by atoms with van der Waals surface area (Å²) >= 11 is 1.64. The number of nitrogens with one attached hydrogen (secondary N) is 2. The van der Waals surface area contributed by atoms with Crippen LogP contribution < -0.4 is 11.1 Å². The number of carbonyl (C=O) groups excluding carboxylic acids is 2. The molecule has 23 heavy (non-hydrogen) atoms. The van der Waals surface area contributed by atoms with Gasteiger partial charge in [0.1, 0.15) is 17.5 Å². The Kier molecular flexibility index (Phi) is 4.05. The molecule has 0 spiro atoms. The van der Waals surface area contributed by atoms with Crippen molar-refractivity contribution in [3.05, 3.63) is 5.82 Å². The van der Waals surface area contributed by atoms with Crippen molar-refractivity contribution in [2.45, 2.75) is 61.9 Å². The molecule has 0 aliphatic carbocycles. The minimum absolute atomic E-state index is 0.119. The molecule has 0 radical (unpaired) electrons. The lowest BCUT2D eigenvalue weighted by molar-refractivity contribution is -0.152. The third-order valence-corrected chi connectivity index (χ3v) is 5.87. The summed E-state index contributed by atoms with van der Waals surface area (Å²) in [6, 6.07) is -1.34. The highest BCUT2D eigenvalue weighted by atomic mass is 32.2. The van der Waals surface area contributed by atoms with E-state index in [-0.39, 0.29) is 28.0 Å². The van der Waals surface area contributed by atoms with Crippen LogP contribution >= 0.6 is 11.8 Å². The van der Waals surface area contributed by atoms with E-state index < -0.39 is 12.1 Å². The van der Waals surface area contributed by atoms with Crippen molar-refractivity contribution in [1.29, 1.82) is 0 Å². The van der Waals surface area contributed by atoms with Crippen molar-refractivity contribution in [2.75, 3.05) is 0 Å². The zero-order valence-corrected chi connectivity index (χ0v) is 14.1. The number of H-pyrrole nitrogens is 1. The van der Waals surface area contributed by atoms with Gasteiger partial charge in [0.25, 0.3) is 0 Å². The van der Waals surface area contributed by atoms with Crippen LogP contribution in [0.2, 0.25) is 0 Å². The lowest BCUT2D eigenvalue weighted by Gasteiger charge is -2.44. The number of aromatic nitrogens is 4. The average Bonchev–Trinajstić information content (AvgIpc) is 3.09. The highest BCUT2D eigenvalue weighted by Gasteiger charge is 2.63. The number of rotatable bonds is 5. The van der Waals surface area contributed by atoms with Crippen LogP contribution in [0.15, 0.2) is 0 Å². The van der Waals surface area contributed by atoms with Gasteiger partial charge in [0, 0.05) is 4.75 Å². The molecule has 126 valence electrons. The molecule has 1 aromatic rings. The van der Waals surface area contributed by atoms with Crippen LogP contribution in [0.4, 0.5) is 0 Å². The summed E-state index contributed by atoms with van der Waals surface area (Å²) in [6.07, 6.45) is 1.43. The maximum absolute atomic E-state index is 12.5. The Hall–Kier alpha value is -1.68. The van der Waals surface area contributed by atoms with Gasteiger partial charge in [0.15, 0.2) is 5.82 Å². The number of β-lactam (4-membered cyclic amide) rings is 1. The summed E-state index contributed by atoms with van der Waals surface area (Å²) in [5.74, 6) is 0.172. The lowest BCUT2D eigenvalue weighted by Crippen LogP contribution is -2.69. The summed E-state index contributed by atoms with van der Waals surface area (Å²) in [5.41, 5.74) is 5.82. The fraction of sp³-hybridized carbons (Fsp3) is 0.769. The summed E-state index contributed by atoms with van der Waals surface area (Å²) in [5, 5.41) is 16.6. The molecule has 2 aliphatic rings. The summed E-state index contributed by atoms with van der Waals surface area (Å²) in [4.78, 5) is 26.4. The van der Waals surface area contributed by atoms with E-state index >= 15 is 0 Å². The number of carbonyl (C=O) groups is 2. The first-order chi connectivity index (χ1) is 10.9. The normalized spacial score (nSPS) is 29.8. The molecule has 4 N–H and O–H groups in total. The number of amides is 2. The van der Waals surface area contributed by atoms with Gasteiger partial charge in [-0.2, -0.15) is 0 Å². The van der Waals surface area contributed by atoms with E-state index in [0.717, 1.165) is 6.42 Å². The molecule has 3 unspecified atom stereocenters. The van der Waals surface area contributed by atoms with Crippen LogP contribution in [0.25, 0.3) is 0 Å². The van der Waals surface area contributed by atoms with Gasteiger partial charge < -0.3 is 16.0 Å². The Balaban J connectivity index is 1.73. The Morgan fingerprint density at radius 2 is 2.30 bits per heavy atom. The zero-order valence-electron chi connectivity index (χ0n) is 13.3. The molecule has 4 atom stereocenters. The molecule has 2 aliphatic heterocycles. The summed E-state index contributed by atoms with van der Waals surface area (Å²) in [7, 11) is 0. The fourth-order valence-corrected chi connectivity index (χ4v) is 4.81. The largest absolute Gasteiger partial charge is 0.340 e. The third kappa shape index (κ3) is 2.59.